The van der Waals surface area contributed by atoms with Crippen LogP contribution in [0.3, 0.4) is 0 Å². The van der Waals surface area contributed by atoms with E-state index in [1.165, 1.54) is 24.4 Å². The zero-order valence-electron chi connectivity index (χ0n) is 12.6. The minimum absolute atomic E-state index is 0.00665. The molecule has 8 nitrogen and oxygen atoms in total. The van der Waals surface area contributed by atoms with Crippen LogP contribution in [0, 0.1) is 0 Å². The van der Waals surface area contributed by atoms with Crippen LogP contribution >= 0.6 is 0 Å². The van der Waals surface area contributed by atoms with Crippen LogP contribution in [0.15, 0.2) is 41.4 Å². The average Bonchev–Trinajstić information content (AvgIpc) is 2.52. The monoisotopic (exact) mass is 363 g/mol. The molecule has 0 saturated carbocycles. The van der Waals surface area contributed by atoms with E-state index >= 15 is 0 Å². The molecular formula is C16H13NO7S. The first-order valence-corrected chi connectivity index (χ1v) is 8.43. The van der Waals surface area contributed by atoms with Crippen molar-refractivity contribution in [3.8, 4) is 23.0 Å². The van der Waals surface area contributed by atoms with Crippen LogP contribution in [0.5, 0.6) is 23.0 Å². The molecule has 0 spiro atoms. The van der Waals surface area contributed by atoms with Crippen molar-refractivity contribution in [2.75, 3.05) is 0 Å². The van der Waals surface area contributed by atoms with Crippen LogP contribution in [-0.4, -0.2) is 38.4 Å². The number of fused-ring (bicyclic) bond motifs is 1. The standard InChI is InChI=1S/C16H13NO7S/c18-12-6-8-3-4-17-11(10(8)7-13(12)19)5-9-1-2-14(25(22,23)24)16(21)15(9)20/h1-4,6-7,18-21H,5H2,(H,22,23,24). The molecule has 5 N–H and O–H groups in total. The minimum atomic E-state index is -4.68. The van der Waals surface area contributed by atoms with Gasteiger partial charge in [-0.05, 0) is 29.7 Å². The third-order valence-electron chi connectivity index (χ3n) is 3.78. The molecule has 3 rings (SSSR count). The molecule has 25 heavy (non-hydrogen) atoms. The Morgan fingerprint density at radius 1 is 0.920 bits per heavy atom. The quantitative estimate of drug-likeness (QED) is 0.350. The summed E-state index contributed by atoms with van der Waals surface area (Å²) in [7, 11) is -4.68. The highest BCUT2D eigenvalue weighted by molar-refractivity contribution is 7.86. The SMILES string of the molecule is O=S(=O)(O)c1ccc(Cc2nccc3cc(O)c(O)cc23)c(O)c1O. The highest BCUT2D eigenvalue weighted by atomic mass is 32.2. The van der Waals surface area contributed by atoms with Gasteiger partial charge in [0.05, 0.1) is 5.69 Å². The van der Waals surface area contributed by atoms with E-state index in [1.807, 2.05) is 0 Å². The van der Waals surface area contributed by atoms with Crippen molar-refractivity contribution in [3.05, 3.63) is 47.8 Å². The van der Waals surface area contributed by atoms with Crippen molar-refractivity contribution in [1.29, 1.82) is 0 Å². The Labute approximate surface area is 142 Å². The second-order valence-electron chi connectivity index (χ2n) is 5.39. The molecule has 0 saturated heterocycles. The van der Waals surface area contributed by atoms with Gasteiger partial charge >= 0.3 is 0 Å². The van der Waals surface area contributed by atoms with Gasteiger partial charge in [-0.15, -0.1) is 0 Å². The highest BCUT2D eigenvalue weighted by Crippen LogP contribution is 2.37. The predicted molar refractivity (Wildman–Crippen MR) is 87.5 cm³/mol. The van der Waals surface area contributed by atoms with Gasteiger partial charge in [-0.1, -0.05) is 6.07 Å². The fourth-order valence-electron chi connectivity index (χ4n) is 2.53. The Bertz CT molecular complexity index is 1090. The largest absolute Gasteiger partial charge is 0.504 e. The second-order valence-corrected chi connectivity index (χ2v) is 6.78. The number of phenolic OH excluding ortho intramolecular Hbond substituents is 4. The lowest BCUT2D eigenvalue weighted by Crippen LogP contribution is -2.01. The number of pyridine rings is 1. The van der Waals surface area contributed by atoms with Crippen molar-refractivity contribution in [2.24, 2.45) is 0 Å². The van der Waals surface area contributed by atoms with E-state index < -0.39 is 26.5 Å². The van der Waals surface area contributed by atoms with E-state index in [4.69, 9.17) is 4.55 Å². The molecule has 2 aromatic carbocycles. The Morgan fingerprint density at radius 2 is 1.60 bits per heavy atom. The summed E-state index contributed by atoms with van der Waals surface area (Å²) < 4.78 is 31.3. The van der Waals surface area contributed by atoms with E-state index in [2.05, 4.69) is 4.98 Å². The molecular weight excluding hydrogens is 350 g/mol. The van der Waals surface area contributed by atoms with Crippen molar-refractivity contribution in [2.45, 2.75) is 11.3 Å². The van der Waals surface area contributed by atoms with Crippen LogP contribution in [0.2, 0.25) is 0 Å². The Hall–Kier alpha value is -3.04. The zero-order valence-corrected chi connectivity index (χ0v) is 13.4. The van der Waals surface area contributed by atoms with Gasteiger partial charge in [0.1, 0.15) is 4.90 Å². The molecule has 0 bridgehead atoms. The number of hydrogen-bond donors (Lipinski definition) is 5. The van der Waals surface area contributed by atoms with Crippen molar-refractivity contribution < 1.29 is 33.4 Å². The van der Waals surface area contributed by atoms with Crippen LogP contribution < -0.4 is 0 Å². The molecule has 0 radical (unpaired) electrons. The molecule has 0 aliphatic carbocycles. The highest BCUT2D eigenvalue weighted by Gasteiger charge is 2.21. The number of aromatic nitrogens is 1. The summed E-state index contributed by atoms with van der Waals surface area (Å²) in [6.45, 7) is 0. The average molecular weight is 363 g/mol. The lowest BCUT2D eigenvalue weighted by atomic mass is 10.0. The van der Waals surface area contributed by atoms with Gasteiger partial charge in [0.25, 0.3) is 10.1 Å². The maximum atomic E-state index is 11.1. The van der Waals surface area contributed by atoms with E-state index in [9.17, 15) is 28.8 Å². The molecule has 0 unspecified atom stereocenters. The fraction of sp³-hybridized carbons (Fsp3) is 0.0625. The van der Waals surface area contributed by atoms with Crippen molar-refractivity contribution in [1.82, 2.24) is 4.98 Å². The molecule has 0 atom stereocenters. The lowest BCUT2D eigenvalue weighted by molar-refractivity contribution is 0.385. The Kier molecular flexibility index (Phi) is 3.90. The minimum Gasteiger partial charge on any atom is -0.504 e. The zero-order chi connectivity index (χ0) is 18.4. The van der Waals surface area contributed by atoms with E-state index in [1.54, 1.807) is 6.07 Å². The van der Waals surface area contributed by atoms with Gasteiger partial charge in [0.15, 0.2) is 23.0 Å². The van der Waals surface area contributed by atoms with Gasteiger partial charge in [0.2, 0.25) is 0 Å². The lowest BCUT2D eigenvalue weighted by Gasteiger charge is -2.11. The maximum Gasteiger partial charge on any atom is 0.298 e. The molecule has 130 valence electrons. The van der Waals surface area contributed by atoms with E-state index in [-0.39, 0.29) is 23.5 Å². The van der Waals surface area contributed by atoms with Gasteiger partial charge in [-0.3, -0.25) is 9.54 Å². The van der Waals surface area contributed by atoms with E-state index in [0.29, 0.717) is 16.5 Å². The Morgan fingerprint density at radius 3 is 2.28 bits per heavy atom. The predicted octanol–water partition coefficient (Wildman–Crippen LogP) is 1.89. The number of benzene rings is 2. The normalized spacial score (nSPS) is 11.7. The van der Waals surface area contributed by atoms with Crippen molar-refractivity contribution in [3.63, 3.8) is 0 Å². The first-order chi connectivity index (χ1) is 11.7. The maximum absolute atomic E-state index is 11.1. The summed E-state index contributed by atoms with van der Waals surface area (Å²) in [6.07, 6.45) is 1.48. The summed E-state index contributed by atoms with van der Waals surface area (Å²) >= 11 is 0. The molecule has 0 amide bonds. The summed E-state index contributed by atoms with van der Waals surface area (Å²) in [5.74, 6) is -2.28. The number of phenols is 4. The van der Waals surface area contributed by atoms with Crippen LogP contribution in [0.4, 0.5) is 0 Å². The number of rotatable bonds is 3. The van der Waals surface area contributed by atoms with Crippen LogP contribution in [-0.2, 0) is 16.5 Å². The number of hydrogen-bond acceptors (Lipinski definition) is 7. The summed E-state index contributed by atoms with van der Waals surface area (Å²) in [5, 5.41) is 40.2. The topological polar surface area (TPSA) is 148 Å². The molecule has 1 aromatic heterocycles. The first-order valence-electron chi connectivity index (χ1n) is 6.99. The molecule has 3 aromatic rings. The fourth-order valence-corrected chi connectivity index (χ4v) is 3.11. The Balaban J connectivity index is 2.11. The summed E-state index contributed by atoms with van der Waals surface area (Å²) in [6, 6.07) is 6.49. The molecule has 0 aliphatic rings. The number of nitrogens with zero attached hydrogens (tertiary/aromatic N) is 1. The van der Waals surface area contributed by atoms with Crippen LogP contribution in [0.25, 0.3) is 10.8 Å². The smallest absolute Gasteiger partial charge is 0.298 e. The van der Waals surface area contributed by atoms with Crippen LogP contribution in [0.1, 0.15) is 11.3 Å². The van der Waals surface area contributed by atoms with Gasteiger partial charge in [-0.25, -0.2) is 0 Å². The molecule has 0 fully saturated rings. The summed E-state index contributed by atoms with van der Waals surface area (Å²) in [4.78, 5) is 3.36. The van der Waals surface area contributed by atoms with Gasteiger partial charge < -0.3 is 20.4 Å². The molecule has 9 heteroatoms. The third-order valence-corrected chi connectivity index (χ3v) is 4.66. The first kappa shape index (κ1) is 16.8. The number of aromatic hydroxyl groups is 4. The van der Waals surface area contributed by atoms with E-state index in [0.717, 1.165) is 6.07 Å². The second kappa shape index (κ2) is 5.80. The third kappa shape index (κ3) is 3.02. The molecule has 0 aliphatic heterocycles. The molecule has 1 heterocycles. The summed E-state index contributed by atoms with van der Waals surface area (Å²) in [5.41, 5.74) is 0.583. The van der Waals surface area contributed by atoms with Crippen molar-refractivity contribution >= 4 is 20.9 Å². The van der Waals surface area contributed by atoms with Gasteiger partial charge in [0, 0.05) is 23.6 Å². The van der Waals surface area contributed by atoms with Gasteiger partial charge in [-0.2, -0.15) is 8.42 Å².